The fourth-order valence-corrected chi connectivity index (χ4v) is 2.22. The van der Waals surface area contributed by atoms with Gasteiger partial charge in [0.2, 0.25) is 0 Å². The summed E-state index contributed by atoms with van der Waals surface area (Å²) >= 11 is 0. The highest BCUT2D eigenvalue weighted by atomic mass is 16.3. The van der Waals surface area contributed by atoms with E-state index in [1.165, 1.54) is 0 Å². The molecule has 3 aromatic rings. The molecule has 2 aromatic heterocycles. The Bertz CT molecular complexity index is 770. The summed E-state index contributed by atoms with van der Waals surface area (Å²) in [5.41, 5.74) is 2.31. The predicted octanol–water partition coefficient (Wildman–Crippen LogP) is 3.37. The van der Waals surface area contributed by atoms with E-state index in [0.717, 1.165) is 11.4 Å². The van der Waals surface area contributed by atoms with Crippen LogP contribution in [0.15, 0.2) is 71.5 Å². The highest BCUT2D eigenvalue weighted by Crippen LogP contribution is 2.23. The summed E-state index contributed by atoms with van der Waals surface area (Å²) in [6.45, 7) is 0.340. The van der Waals surface area contributed by atoms with Gasteiger partial charge in [-0.15, -0.1) is 0 Å². The minimum atomic E-state index is -0.232. The van der Waals surface area contributed by atoms with E-state index in [2.05, 4.69) is 10.3 Å². The zero-order valence-corrected chi connectivity index (χ0v) is 12.8. The maximum atomic E-state index is 12.2. The largest absolute Gasteiger partial charge is 0.467 e. The average molecular weight is 307 g/mol. The number of nitrogens with one attached hydrogen (secondary N) is 1. The number of rotatable bonds is 5. The molecule has 1 aromatic carbocycles. The van der Waals surface area contributed by atoms with Crippen LogP contribution in [0.1, 0.15) is 16.2 Å². The van der Waals surface area contributed by atoms with E-state index in [4.69, 9.17) is 4.42 Å². The molecule has 0 aliphatic heterocycles. The monoisotopic (exact) mass is 307 g/mol. The maximum absolute atomic E-state index is 12.2. The number of benzene rings is 1. The Balaban J connectivity index is 1.73. The van der Waals surface area contributed by atoms with Crippen LogP contribution in [-0.2, 0) is 6.54 Å². The van der Waals surface area contributed by atoms with Gasteiger partial charge in [0.05, 0.1) is 12.8 Å². The third-order valence-electron chi connectivity index (χ3n) is 3.51. The number of anilines is 2. The number of carbonyl (C=O) groups excluding carboxylic acids is 1. The van der Waals surface area contributed by atoms with Gasteiger partial charge in [-0.05, 0) is 36.4 Å². The molecule has 0 radical (unpaired) electrons. The van der Waals surface area contributed by atoms with E-state index in [0.29, 0.717) is 18.0 Å². The number of carbonyl (C=O) groups is 1. The smallest absolute Gasteiger partial charge is 0.270 e. The minimum absolute atomic E-state index is 0.232. The van der Waals surface area contributed by atoms with Crippen LogP contribution < -0.4 is 10.2 Å². The summed E-state index contributed by atoms with van der Waals surface area (Å²) in [5.74, 6) is 0.473. The first-order chi connectivity index (χ1) is 11.2. The summed E-state index contributed by atoms with van der Waals surface area (Å²) in [4.78, 5) is 18.4. The van der Waals surface area contributed by atoms with Gasteiger partial charge in [-0.3, -0.25) is 9.78 Å². The van der Waals surface area contributed by atoms with E-state index >= 15 is 0 Å². The van der Waals surface area contributed by atoms with E-state index in [-0.39, 0.29) is 5.91 Å². The number of para-hydroxylation sites is 1. The Morgan fingerprint density at radius 2 is 1.96 bits per heavy atom. The lowest BCUT2D eigenvalue weighted by Crippen LogP contribution is -2.24. The quantitative estimate of drug-likeness (QED) is 0.785. The Kier molecular flexibility index (Phi) is 4.38. The zero-order chi connectivity index (χ0) is 16.1. The van der Waals surface area contributed by atoms with Crippen LogP contribution in [0.5, 0.6) is 0 Å². The molecule has 2 heterocycles. The predicted molar refractivity (Wildman–Crippen MR) is 88.6 cm³/mol. The molecule has 23 heavy (non-hydrogen) atoms. The van der Waals surface area contributed by atoms with Crippen molar-refractivity contribution in [1.29, 1.82) is 0 Å². The van der Waals surface area contributed by atoms with Crippen molar-refractivity contribution in [3.05, 3.63) is 78.5 Å². The van der Waals surface area contributed by atoms with Crippen LogP contribution in [0.25, 0.3) is 0 Å². The SMILES string of the molecule is CN(c1ccccc1)c1ccnc(C(=O)NCc2ccco2)c1. The average Bonchev–Trinajstić information content (AvgIpc) is 3.13. The Morgan fingerprint density at radius 1 is 1.13 bits per heavy atom. The Labute approximate surface area is 134 Å². The van der Waals surface area contributed by atoms with Gasteiger partial charge in [-0.1, -0.05) is 18.2 Å². The third-order valence-corrected chi connectivity index (χ3v) is 3.51. The van der Waals surface area contributed by atoms with Crippen molar-refractivity contribution in [2.24, 2.45) is 0 Å². The van der Waals surface area contributed by atoms with Gasteiger partial charge >= 0.3 is 0 Å². The number of amides is 1. The number of nitrogens with zero attached hydrogens (tertiary/aromatic N) is 2. The van der Waals surface area contributed by atoms with Crippen molar-refractivity contribution >= 4 is 17.3 Å². The molecule has 0 saturated carbocycles. The number of aromatic nitrogens is 1. The molecular formula is C18H17N3O2. The lowest BCUT2D eigenvalue weighted by atomic mass is 10.2. The summed E-state index contributed by atoms with van der Waals surface area (Å²) in [6, 6.07) is 17.2. The number of pyridine rings is 1. The van der Waals surface area contributed by atoms with Gasteiger partial charge in [0.25, 0.3) is 5.91 Å². The summed E-state index contributed by atoms with van der Waals surface area (Å²) in [6.07, 6.45) is 3.21. The molecule has 0 aliphatic carbocycles. The van der Waals surface area contributed by atoms with Crippen LogP contribution in [0.2, 0.25) is 0 Å². The van der Waals surface area contributed by atoms with E-state index in [9.17, 15) is 4.79 Å². The maximum Gasteiger partial charge on any atom is 0.270 e. The number of hydrogen-bond acceptors (Lipinski definition) is 4. The van der Waals surface area contributed by atoms with Gasteiger partial charge in [0, 0.05) is 24.6 Å². The zero-order valence-electron chi connectivity index (χ0n) is 12.8. The van der Waals surface area contributed by atoms with Crippen LogP contribution in [0, 0.1) is 0 Å². The molecule has 1 N–H and O–H groups in total. The molecule has 0 fully saturated rings. The molecule has 0 saturated heterocycles. The van der Waals surface area contributed by atoms with Gasteiger partial charge in [-0.2, -0.15) is 0 Å². The van der Waals surface area contributed by atoms with Gasteiger partial charge in [0.1, 0.15) is 11.5 Å². The summed E-state index contributed by atoms with van der Waals surface area (Å²) in [5, 5.41) is 2.79. The fourth-order valence-electron chi connectivity index (χ4n) is 2.22. The summed E-state index contributed by atoms with van der Waals surface area (Å²) < 4.78 is 5.20. The molecule has 3 rings (SSSR count). The first-order valence-corrected chi connectivity index (χ1v) is 7.29. The fraction of sp³-hybridized carbons (Fsp3) is 0.111. The van der Waals surface area contributed by atoms with Crippen LogP contribution >= 0.6 is 0 Å². The van der Waals surface area contributed by atoms with Crippen LogP contribution in [0.4, 0.5) is 11.4 Å². The van der Waals surface area contributed by atoms with Gasteiger partial charge in [0.15, 0.2) is 0 Å². The molecular weight excluding hydrogens is 290 g/mol. The first-order valence-electron chi connectivity index (χ1n) is 7.29. The number of hydrogen-bond donors (Lipinski definition) is 1. The second-order valence-corrected chi connectivity index (χ2v) is 5.06. The van der Waals surface area contributed by atoms with E-state index in [1.807, 2.05) is 54.4 Å². The van der Waals surface area contributed by atoms with Crippen molar-refractivity contribution in [2.75, 3.05) is 11.9 Å². The van der Waals surface area contributed by atoms with Crippen LogP contribution in [0.3, 0.4) is 0 Å². The molecule has 5 nitrogen and oxygen atoms in total. The van der Waals surface area contributed by atoms with Gasteiger partial charge in [-0.25, -0.2) is 0 Å². The Morgan fingerprint density at radius 3 is 2.70 bits per heavy atom. The molecule has 0 atom stereocenters. The molecule has 0 spiro atoms. The molecule has 5 heteroatoms. The second-order valence-electron chi connectivity index (χ2n) is 5.06. The van der Waals surface area contributed by atoms with Crippen molar-refractivity contribution in [2.45, 2.75) is 6.54 Å². The molecule has 0 aliphatic rings. The van der Waals surface area contributed by atoms with Crippen LogP contribution in [-0.4, -0.2) is 17.9 Å². The third kappa shape index (κ3) is 3.58. The normalized spacial score (nSPS) is 10.3. The topological polar surface area (TPSA) is 58.4 Å². The molecule has 0 unspecified atom stereocenters. The van der Waals surface area contributed by atoms with E-state index < -0.39 is 0 Å². The van der Waals surface area contributed by atoms with Crippen molar-refractivity contribution in [1.82, 2.24) is 10.3 Å². The lowest BCUT2D eigenvalue weighted by Gasteiger charge is -2.19. The van der Waals surface area contributed by atoms with Crippen molar-refractivity contribution < 1.29 is 9.21 Å². The molecule has 1 amide bonds. The highest BCUT2D eigenvalue weighted by molar-refractivity contribution is 5.93. The standard InChI is InChI=1S/C18H17N3O2/c1-21(14-6-3-2-4-7-14)15-9-10-19-17(12-15)18(22)20-13-16-8-5-11-23-16/h2-12H,13H2,1H3,(H,20,22). The second kappa shape index (κ2) is 6.79. The number of furan rings is 1. The summed E-state index contributed by atoms with van der Waals surface area (Å²) in [7, 11) is 1.95. The lowest BCUT2D eigenvalue weighted by molar-refractivity contribution is 0.0943. The first kappa shape index (κ1) is 14.8. The minimum Gasteiger partial charge on any atom is -0.467 e. The molecule has 116 valence electrons. The molecule has 0 bridgehead atoms. The Hall–Kier alpha value is -3.08. The van der Waals surface area contributed by atoms with E-state index in [1.54, 1.807) is 24.6 Å². The van der Waals surface area contributed by atoms with Gasteiger partial charge < -0.3 is 14.6 Å². The highest BCUT2D eigenvalue weighted by Gasteiger charge is 2.11. The van der Waals surface area contributed by atoms with Crippen molar-refractivity contribution in [3.8, 4) is 0 Å². The van der Waals surface area contributed by atoms with Crippen molar-refractivity contribution in [3.63, 3.8) is 0 Å².